The van der Waals surface area contributed by atoms with Crippen LogP contribution < -0.4 is 0 Å². The number of furan rings is 1. The van der Waals surface area contributed by atoms with Crippen LogP contribution in [0.4, 0.5) is 0 Å². The van der Waals surface area contributed by atoms with E-state index >= 15 is 0 Å². The molecular formula is C49H32O. The van der Waals surface area contributed by atoms with Crippen LogP contribution in [-0.2, 0) is 6.42 Å². The smallest absolute Gasteiger partial charge is 0.136 e. The molecule has 0 N–H and O–H groups in total. The molecule has 1 aromatic heterocycles. The molecule has 0 aliphatic rings. The van der Waals surface area contributed by atoms with Crippen LogP contribution >= 0.6 is 0 Å². The van der Waals surface area contributed by atoms with Crippen LogP contribution in [0.3, 0.4) is 0 Å². The molecule has 0 aliphatic carbocycles. The number of rotatable bonds is 5. The van der Waals surface area contributed by atoms with Crippen molar-refractivity contribution in [2.24, 2.45) is 0 Å². The minimum atomic E-state index is -0.618. The topological polar surface area (TPSA) is 13.1 Å². The van der Waals surface area contributed by atoms with Gasteiger partial charge in [-0.3, -0.25) is 0 Å². The lowest BCUT2D eigenvalue weighted by atomic mass is 9.84. The monoisotopic (exact) mass is 649 g/mol. The molecule has 0 radical (unpaired) electrons. The van der Waals surface area contributed by atoms with E-state index in [0.717, 1.165) is 38.4 Å². The number of hydrogen-bond donors (Lipinski definition) is 0. The van der Waals surface area contributed by atoms with Crippen molar-refractivity contribution in [3.63, 3.8) is 0 Å². The molecule has 0 bridgehead atoms. The Hall–Kier alpha value is -6.44. The fraction of sp³-hybridized carbons (Fsp3) is 0.0204. The molecule has 10 rings (SSSR count). The summed E-state index contributed by atoms with van der Waals surface area (Å²) in [5.74, 6) is 0. The van der Waals surface area contributed by atoms with Crippen molar-refractivity contribution in [3.8, 4) is 33.4 Å². The van der Waals surface area contributed by atoms with Crippen LogP contribution in [0.1, 0.15) is 28.9 Å². The molecule has 10 aromatic rings. The van der Waals surface area contributed by atoms with Gasteiger partial charge in [0.15, 0.2) is 0 Å². The molecule has 0 unspecified atom stereocenters. The van der Waals surface area contributed by atoms with Crippen molar-refractivity contribution >= 4 is 54.3 Å². The third-order valence-electron chi connectivity index (χ3n) is 9.47. The summed E-state index contributed by atoms with van der Waals surface area (Å²) in [7, 11) is 0. The average Bonchev–Trinajstić information content (AvgIpc) is 3.69. The Morgan fingerprint density at radius 3 is 1.80 bits per heavy atom. The second-order valence-corrected chi connectivity index (χ2v) is 12.2. The zero-order valence-corrected chi connectivity index (χ0v) is 26.4. The highest BCUT2D eigenvalue weighted by Crippen LogP contribution is 2.46. The SMILES string of the molecule is [2H]c1c([2H])c([2H])c(Cc2c3c([2H])c([2H])c([2H])c([2H])c3c(-c3ccc(-c4cccc5oc6cc(-c7ccccc7)ccc6c45)c4ccccc34)c3c([2H])c([2H])c([2H])c([2H])c23)c([2H])c1[2H]. The predicted octanol–water partition coefficient (Wildman–Crippen LogP) is 13.6. The van der Waals surface area contributed by atoms with Gasteiger partial charge in [-0.1, -0.05) is 163 Å². The van der Waals surface area contributed by atoms with Crippen LogP contribution in [-0.4, -0.2) is 0 Å². The molecular weight excluding hydrogens is 605 g/mol. The standard InChI is InChI=1S/C49H32O/c1-3-14-32(15-4-1)30-45-37-20-9-11-22-40(37)48(41-23-12-10-21-38(41)45)43-29-28-39(35-18-7-8-19-36(35)43)42-24-13-25-46-49(42)44-27-26-34(31-47(44)50-46)33-16-5-2-6-17-33/h1-29,31H,30H2/i1D,3D,4D,9D,10D,11D,12D,14D,15D,20D,21D,22D,23D. The molecule has 0 spiro atoms. The summed E-state index contributed by atoms with van der Waals surface area (Å²) in [6.07, 6.45) is -0.498. The van der Waals surface area contributed by atoms with E-state index in [1.165, 1.54) is 0 Å². The number of benzene rings is 9. The zero-order valence-electron chi connectivity index (χ0n) is 39.4. The highest BCUT2D eigenvalue weighted by atomic mass is 16.3. The van der Waals surface area contributed by atoms with Crippen molar-refractivity contribution in [3.05, 3.63) is 193 Å². The van der Waals surface area contributed by atoms with Crippen molar-refractivity contribution < 1.29 is 22.2 Å². The van der Waals surface area contributed by atoms with E-state index in [0.29, 0.717) is 22.1 Å². The molecule has 1 heteroatoms. The van der Waals surface area contributed by atoms with E-state index in [9.17, 15) is 5.48 Å². The maximum Gasteiger partial charge on any atom is 0.136 e. The normalized spacial score (nSPS) is 15.3. The Morgan fingerprint density at radius 2 is 1.06 bits per heavy atom. The van der Waals surface area contributed by atoms with Crippen LogP contribution in [0.15, 0.2) is 186 Å². The summed E-state index contributed by atoms with van der Waals surface area (Å²) in [5.41, 5.74) is 5.52. The number of hydrogen-bond acceptors (Lipinski definition) is 1. The molecule has 0 saturated carbocycles. The van der Waals surface area contributed by atoms with Gasteiger partial charge in [0, 0.05) is 10.8 Å². The van der Waals surface area contributed by atoms with E-state index in [1.54, 1.807) is 6.07 Å². The van der Waals surface area contributed by atoms with Crippen molar-refractivity contribution in [1.29, 1.82) is 0 Å². The molecule has 0 fully saturated rings. The lowest BCUT2D eigenvalue weighted by Gasteiger charge is -2.19. The molecule has 0 saturated heterocycles. The molecule has 1 heterocycles. The maximum atomic E-state index is 9.42. The first-order valence-corrected chi connectivity index (χ1v) is 16.2. The minimum absolute atomic E-state index is 0.0175. The summed E-state index contributed by atoms with van der Waals surface area (Å²) >= 11 is 0. The van der Waals surface area contributed by atoms with Gasteiger partial charge in [0.1, 0.15) is 11.2 Å². The quantitative estimate of drug-likeness (QED) is 0.169. The lowest BCUT2D eigenvalue weighted by molar-refractivity contribution is 0.669. The summed E-state index contributed by atoms with van der Waals surface area (Å²) in [6, 6.07) is 26.0. The van der Waals surface area contributed by atoms with E-state index in [-0.39, 0.29) is 38.2 Å². The Labute approximate surface area is 308 Å². The number of fused-ring (bicyclic) bond motifs is 6. The van der Waals surface area contributed by atoms with Crippen molar-refractivity contribution in [1.82, 2.24) is 0 Å². The Morgan fingerprint density at radius 1 is 0.420 bits per heavy atom. The van der Waals surface area contributed by atoms with E-state index in [4.69, 9.17) is 16.8 Å². The molecule has 0 aliphatic heterocycles. The zero-order chi connectivity index (χ0) is 44.3. The van der Waals surface area contributed by atoms with Gasteiger partial charge in [0.25, 0.3) is 0 Å². The van der Waals surface area contributed by atoms with Crippen LogP contribution in [0.25, 0.3) is 87.6 Å². The van der Waals surface area contributed by atoms with Crippen molar-refractivity contribution in [2.45, 2.75) is 6.42 Å². The van der Waals surface area contributed by atoms with Gasteiger partial charge in [0.2, 0.25) is 0 Å². The first-order valence-electron chi connectivity index (χ1n) is 22.7. The second kappa shape index (κ2) is 11.6. The fourth-order valence-electron chi connectivity index (χ4n) is 7.30. The minimum Gasteiger partial charge on any atom is -0.456 e. The summed E-state index contributed by atoms with van der Waals surface area (Å²) in [5, 5.41) is 2.95. The van der Waals surface area contributed by atoms with Gasteiger partial charge in [-0.05, 0) is 101 Å². The lowest BCUT2D eigenvalue weighted by Crippen LogP contribution is -1.96. The summed E-state index contributed by atoms with van der Waals surface area (Å²) < 4.78 is 122. The largest absolute Gasteiger partial charge is 0.456 e. The van der Waals surface area contributed by atoms with E-state index in [2.05, 4.69) is 6.07 Å². The van der Waals surface area contributed by atoms with Gasteiger partial charge in [-0.2, -0.15) is 0 Å². The first-order chi connectivity index (χ1) is 30.2. The molecule has 0 atom stereocenters. The Kier molecular flexibility index (Phi) is 4.26. The third-order valence-corrected chi connectivity index (χ3v) is 9.47. The molecule has 50 heavy (non-hydrogen) atoms. The van der Waals surface area contributed by atoms with E-state index in [1.807, 2.05) is 91.0 Å². The Bertz CT molecular complexity index is 3520. The highest BCUT2D eigenvalue weighted by molar-refractivity contribution is 6.21. The van der Waals surface area contributed by atoms with Gasteiger partial charge in [-0.15, -0.1) is 0 Å². The molecule has 0 amide bonds. The van der Waals surface area contributed by atoms with E-state index < -0.39 is 85.0 Å². The van der Waals surface area contributed by atoms with Gasteiger partial charge in [0.05, 0.1) is 17.8 Å². The van der Waals surface area contributed by atoms with Crippen LogP contribution in [0.5, 0.6) is 0 Å². The first kappa shape index (κ1) is 18.4. The van der Waals surface area contributed by atoms with Crippen LogP contribution in [0.2, 0.25) is 0 Å². The second-order valence-electron chi connectivity index (χ2n) is 12.2. The molecule has 9 aromatic carbocycles. The summed E-state index contributed by atoms with van der Waals surface area (Å²) in [4.78, 5) is 0. The Balaban J connectivity index is 1.31. The average molecular weight is 650 g/mol. The van der Waals surface area contributed by atoms with Gasteiger partial charge < -0.3 is 4.42 Å². The third kappa shape index (κ3) is 4.55. The molecule has 234 valence electrons. The van der Waals surface area contributed by atoms with Crippen molar-refractivity contribution in [2.75, 3.05) is 0 Å². The van der Waals surface area contributed by atoms with Gasteiger partial charge >= 0.3 is 0 Å². The van der Waals surface area contributed by atoms with Crippen LogP contribution in [0, 0.1) is 0 Å². The fourth-order valence-corrected chi connectivity index (χ4v) is 7.30. The summed E-state index contributed by atoms with van der Waals surface area (Å²) in [6.45, 7) is 0. The molecule has 1 nitrogen and oxygen atoms in total. The predicted molar refractivity (Wildman–Crippen MR) is 212 cm³/mol. The van der Waals surface area contributed by atoms with Gasteiger partial charge in [-0.25, -0.2) is 0 Å². The maximum absolute atomic E-state index is 9.42. The highest BCUT2D eigenvalue weighted by Gasteiger charge is 2.20.